The van der Waals surface area contributed by atoms with E-state index in [1.807, 2.05) is 18.5 Å². The summed E-state index contributed by atoms with van der Waals surface area (Å²) in [7, 11) is 0. The Morgan fingerprint density at radius 3 is 2.74 bits per heavy atom. The Morgan fingerprint density at radius 1 is 1.16 bits per heavy atom. The van der Waals surface area contributed by atoms with Crippen LogP contribution in [0.25, 0.3) is 16.6 Å². The van der Waals surface area contributed by atoms with E-state index in [9.17, 15) is 9.65 Å². The van der Waals surface area contributed by atoms with Crippen LogP contribution in [0.1, 0.15) is 30.1 Å². The number of nitrogens with one attached hydrogen (secondary N) is 1. The second-order valence-electron chi connectivity index (χ2n) is 7.66. The predicted molar refractivity (Wildman–Crippen MR) is 118 cm³/mol. The van der Waals surface area contributed by atoms with E-state index in [0.29, 0.717) is 22.0 Å². The first-order valence-electron chi connectivity index (χ1n) is 10.2. The minimum absolute atomic E-state index is 0.288. The summed E-state index contributed by atoms with van der Waals surface area (Å²) in [6, 6.07) is 11.3. The van der Waals surface area contributed by atoms with Gasteiger partial charge in [0, 0.05) is 32.8 Å². The smallest absolute Gasteiger partial charge is 0.137 e. The molecule has 8 heteroatoms. The van der Waals surface area contributed by atoms with Crippen molar-refractivity contribution in [2.75, 3.05) is 13.1 Å². The number of hydrogen-bond acceptors (Lipinski definition) is 5. The van der Waals surface area contributed by atoms with Gasteiger partial charge in [-0.25, -0.2) is 8.91 Å². The fraction of sp³-hybridized carbons (Fsp3) is 0.261. The van der Waals surface area contributed by atoms with Gasteiger partial charge >= 0.3 is 0 Å². The maximum atomic E-state index is 14.4. The standard InChI is InChI=1S/C23H21FN6S/c1-15-19(13-28-30(15)18-6-8-26-9-7-18)16-10-22(31-21-5-3-2-4-20(21)24)23-17(11-25)12-27-29(23)14-16/h2-5,10,12-14,18,26H,6-9H2,1H3. The monoisotopic (exact) mass is 432 g/mol. The number of rotatable bonds is 4. The molecule has 1 N–H and O–H groups in total. The number of pyridine rings is 1. The summed E-state index contributed by atoms with van der Waals surface area (Å²) in [6.45, 7) is 4.08. The second-order valence-corrected chi connectivity index (χ2v) is 8.74. The van der Waals surface area contributed by atoms with Crippen molar-refractivity contribution in [1.29, 1.82) is 5.26 Å². The van der Waals surface area contributed by atoms with Crippen molar-refractivity contribution in [2.45, 2.75) is 35.6 Å². The molecular weight excluding hydrogens is 411 g/mol. The fourth-order valence-electron chi connectivity index (χ4n) is 4.16. The lowest BCUT2D eigenvalue weighted by Crippen LogP contribution is -2.30. The Kier molecular flexibility index (Phi) is 5.22. The molecular formula is C23H21FN6S. The molecule has 0 bridgehead atoms. The van der Waals surface area contributed by atoms with Gasteiger partial charge in [0.25, 0.3) is 0 Å². The predicted octanol–water partition coefficient (Wildman–Crippen LogP) is 4.59. The highest BCUT2D eigenvalue weighted by molar-refractivity contribution is 7.99. The van der Waals surface area contributed by atoms with Crippen molar-refractivity contribution >= 4 is 17.3 Å². The summed E-state index contributed by atoms with van der Waals surface area (Å²) in [5.74, 6) is -0.288. The molecule has 0 spiro atoms. The lowest BCUT2D eigenvalue weighted by Gasteiger charge is -2.24. The number of halogens is 1. The van der Waals surface area contributed by atoms with Crippen LogP contribution in [0.15, 0.2) is 58.7 Å². The summed E-state index contributed by atoms with van der Waals surface area (Å²) >= 11 is 1.31. The molecule has 0 radical (unpaired) electrons. The van der Waals surface area contributed by atoms with Crippen molar-refractivity contribution < 1.29 is 4.39 Å². The number of nitriles is 1. The molecule has 0 aliphatic carbocycles. The molecule has 1 fully saturated rings. The molecule has 156 valence electrons. The van der Waals surface area contributed by atoms with Crippen LogP contribution in [0.4, 0.5) is 4.39 Å². The van der Waals surface area contributed by atoms with Crippen molar-refractivity contribution in [3.8, 4) is 17.2 Å². The lowest BCUT2D eigenvalue weighted by molar-refractivity contribution is 0.338. The van der Waals surface area contributed by atoms with Crippen LogP contribution in [0.5, 0.6) is 0 Å². The van der Waals surface area contributed by atoms with E-state index < -0.39 is 0 Å². The van der Waals surface area contributed by atoms with Gasteiger partial charge in [-0.3, -0.25) is 4.68 Å². The van der Waals surface area contributed by atoms with Gasteiger partial charge in [0.05, 0.1) is 29.5 Å². The van der Waals surface area contributed by atoms with E-state index in [1.165, 1.54) is 17.8 Å². The van der Waals surface area contributed by atoms with E-state index in [4.69, 9.17) is 0 Å². The Labute approximate surface area is 183 Å². The quantitative estimate of drug-likeness (QED) is 0.511. The molecule has 1 aliphatic rings. The Balaban J connectivity index is 1.62. The van der Waals surface area contributed by atoms with E-state index in [2.05, 4.69) is 33.2 Å². The number of fused-ring (bicyclic) bond motifs is 1. The number of nitrogens with zero attached hydrogens (tertiary/aromatic N) is 5. The van der Waals surface area contributed by atoms with Crippen LogP contribution in [-0.4, -0.2) is 32.5 Å². The summed E-state index contributed by atoms with van der Waals surface area (Å²) in [6.07, 6.45) is 7.47. The highest BCUT2D eigenvalue weighted by Gasteiger charge is 2.21. The van der Waals surface area contributed by atoms with Crippen molar-refractivity contribution in [3.05, 3.63) is 66.0 Å². The molecule has 4 heterocycles. The molecule has 5 rings (SSSR count). The van der Waals surface area contributed by atoms with Crippen molar-refractivity contribution in [1.82, 2.24) is 24.7 Å². The Bertz CT molecular complexity index is 1300. The zero-order chi connectivity index (χ0) is 21.4. The molecule has 31 heavy (non-hydrogen) atoms. The highest BCUT2D eigenvalue weighted by atomic mass is 32.2. The third-order valence-corrected chi connectivity index (χ3v) is 6.85. The minimum Gasteiger partial charge on any atom is -0.317 e. The maximum Gasteiger partial charge on any atom is 0.137 e. The third-order valence-electron chi connectivity index (χ3n) is 5.76. The second kappa shape index (κ2) is 8.17. The Hall–Kier alpha value is -3.15. The van der Waals surface area contributed by atoms with Crippen molar-refractivity contribution in [3.63, 3.8) is 0 Å². The average molecular weight is 433 g/mol. The number of benzene rings is 1. The van der Waals surface area contributed by atoms with E-state index in [0.717, 1.165) is 47.6 Å². The maximum absolute atomic E-state index is 14.4. The van der Waals surface area contributed by atoms with E-state index >= 15 is 0 Å². The van der Waals surface area contributed by atoms with Gasteiger partial charge in [0.1, 0.15) is 11.9 Å². The summed E-state index contributed by atoms with van der Waals surface area (Å²) in [4.78, 5) is 1.29. The first-order valence-corrected chi connectivity index (χ1v) is 11.1. The largest absolute Gasteiger partial charge is 0.317 e. The molecule has 4 aromatic rings. The van der Waals surface area contributed by atoms with Gasteiger partial charge in [-0.05, 0) is 51.1 Å². The summed E-state index contributed by atoms with van der Waals surface area (Å²) in [5, 5.41) is 22.0. The molecule has 6 nitrogen and oxygen atoms in total. The lowest BCUT2D eigenvalue weighted by atomic mass is 10.1. The van der Waals surface area contributed by atoms with Crippen LogP contribution < -0.4 is 5.32 Å². The normalized spacial score (nSPS) is 14.7. The molecule has 1 aliphatic heterocycles. The van der Waals surface area contributed by atoms with E-state index in [-0.39, 0.29) is 5.82 Å². The Morgan fingerprint density at radius 2 is 1.97 bits per heavy atom. The number of piperidine rings is 1. The molecule has 0 saturated carbocycles. The summed E-state index contributed by atoms with van der Waals surface area (Å²) < 4.78 is 18.2. The number of aromatic nitrogens is 4. The first-order chi connectivity index (χ1) is 15.2. The van der Waals surface area contributed by atoms with Crippen LogP contribution in [0, 0.1) is 24.1 Å². The topological polar surface area (TPSA) is 70.9 Å². The van der Waals surface area contributed by atoms with Crippen LogP contribution in [-0.2, 0) is 0 Å². The highest BCUT2D eigenvalue weighted by Crippen LogP contribution is 2.37. The average Bonchev–Trinajstić information content (AvgIpc) is 3.39. The van der Waals surface area contributed by atoms with Gasteiger partial charge in [0.15, 0.2) is 0 Å². The van der Waals surface area contributed by atoms with Gasteiger partial charge < -0.3 is 5.32 Å². The van der Waals surface area contributed by atoms with Crippen molar-refractivity contribution in [2.24, 2.45) is 0 Å². The zero-order valence-corrected chi connectivity index (χ0v) is 17.9. The third kappa shape index (κ3) is 3.60. The minimum atomic E-state index is -0.288. The first kappa shape index (κ1) is 19.8. The van der Waals surface area contributed by atoms with Gasteiger partial charge in [-0.15, -0.1) is 0 Å². The van der Waals surface area contributed by atoms with Gasteiger partial charge in [0.2, 0.25) is 0 Å². The van der Waals surface area contributed by atoms with E-state index in [1.54, 1.807) is 28.9 Å². The molecule has 0 unspecified atom stereocenters. The fourth-order valence-corrected chi connectivity index (χ4v) is 5.20. The van der Waals surface area contributed by atoms with Gasteiger partial charge in [-0.1, -0.05) is 23.9 Å². The molecule has 3 aromatic heterocycles. The summed E-state index contributed by atoms with van der Waals surface area (Å²) in [5.41, 5.74) is 4.21. The zero-order valence-electron chi connectivity index (χ0n) is 17.0. The van der Waals surface area contributed by atoms with Crippen LogP contribution in [0.3, 0.4) is 0 Å². The van der Waals surface area contributed by atoms with Crippen LogP contribution >= 0.6 is 11.8 Å². The molecule has 0 atom stereocenters. The molecule has 1 aromatic carbocycles. The molecule has 0 amide bonds. The molecule has 1 saturated heterocycles. The SMILES string of the molecule is Cc1c(-c2cc(Sc3ccccc3F)c3c(C#N)cnn3c2)cnn1C1CCNCC1. The van der Waals surface area contributed by atoms with Gasteiger partial charge in [-0.2, -0.15) is 15.5 Å². The number of hydrogen-bond donors (Lipinski definition) is 1. The van der Waals surface area contributed by atoms with Crippen LogP contribution in [0.2, 0.25) is 0 Å².